The van der Waals surface area contributed by atoms with Crippen molar-refractivity contribution in [3.05, 3.63) is 109 Å². The van der Waals surface area contributed by atoms with Crippen LogP contribution < -0.4 is 24.7 Å². The molecule has 4 heterocycles. The van der Waals surface area contributed by atoms with Crippen LogP contribution in [0.4, 0.5) is 11.4 Å². The first kappa shape index (κ1) is 25.7. The highest BCUT2D eigenvalue weighted by atomic mass is 31.1. The van der Waals surface area contributed by atoms with Gasteiger partial charge in [-0.1, -0.05) is 60.7 Å². The Hall–Kier alpha value is -2.94. The number of ether oxygens (including phenoxy) is 1. The standard InChI is InChI=1S/C34H36N4OP2/c1-3-13-27(14-4-1)37-25-29-17-11-23-35(29)40(37)33-21-9-7-19-31(33)39-32-20-8-10-22-34(32)41-36-24-12-18-30(36)26-38(41)28-15-5-2-6-16-28/h1-10,13-16,19-22,29-30H,11-12,17-18,23-26H2/t29-,30-,40?,41?/m0/s1. The number of hydrogen-bond acceptors (Lipinski definition) is 5. The molecule has 0 aromatic heterocycles. The molecule has 4 aromatic carbocycles. The first-order valence-electron chi connectivity index (χ1n) is 15.0. The molecule has 2 unspecified atom stereocenters. The van der Waals surface area contributed by atoms with Gasteiger partial charge in [-0.2, -0.15) is 0 Å². The maximum Gasteiger partial charge on any atom is 0.138 e. The predicted octanol–water partition coefficient (Wildman–Crippen LogP) is 7.32. The van der Waals surface area contributed by atoms with Gasteiger partial charge in [0.2, 0.25) is 0 Å². The van der Waals surface area contributed by atoms with Crippen LogP contribution >= 0.6 is 16.4 Å². The monoisotopic (exact) mass is 578 g/mol. The van der Waals surface area contributed by atoms with Crippen molar-refractivity contribution in [3.63, 3.8) is 0 Å². The predicted molar refractivity (Wildman–Crippen MR) is 173 cm³/mol. The number of fused-ring (bicyclic) bond motifs is 2. The number of hydrogen-bond donors (Lipinski definition) is 0. The van der Waals surface area contributed by atoms with Crippen LogP contribution in [0.1, 0.15) is 25.7 Å². The van der Waals surface area contributed by atoms with Gasteiger partial charge in [0.1, 0.15) is 27.9 Å². The van der Waals surface area contributed by atoms with E-state index in [9.17, 15) is 0 Å². The molecule has 4 aliphatic rings. The molecule has 41 heavy (non-hydrogen) atoms. The number of anilines is 2. The van der Waals surface area contributed by atoms with E-state index < -0.39 is 16.4 Å². The van der Waals surface area contributed by atoms with Gasteiger partial charge >= 0.3 is 0 Å². The Bertz CT molecular complexity index is 1390. The summed E-state index contributed by atoms with van der Waals surface area (Å²) < 4.78 is 17.9. The Kier molecular flexibility index (Phi) is 6.93. The average molecular weight is 579 g/mol. The van der Waals surface area contributed by atoms with Crippen molar-refractivity contribution in [2.45, 2.75) is 37.8 Å². The normalized spacial score (nSPS) is 26.0. The molecule has 8 rings (SSSR count). The number of nitrogens with zero attached hydrogens (tertiary/aromatic N) is 4. The molecule has 0 aliphatic carbocycles. The lowest BCUT2D eigenvalue weighted by Crippen LogP contribution is -2.26. The highest BCUT2D eigenvalue weighted by Gasteiger charge is 2.46. The van der Waals surface area contributed by atoms with Gasteiger partial charge in [0.15, 0.2) is 0 Å². The zero-order chi connectivity index (χ0) is 27.2. The minimum Gasteiger partial charge on any atom is -0.456 e. The Balaban J connectivity index is 1.17. The lowest BCUT2D eigenvalue weighted by molar-refractivity contribution is 0.464. The van der Waals surface area contributed by atoms with E-state index in [4.69, 9.17) is 4.74 Å². The molecule has 0 bridgehead atoms. The summed E-state index contributed by atoms with van der Waals surface area (Å²) >= 11 is 0. The Morgan fingerprint density at radius 2 is 0.927 bits per heavy atom. The average Bonchev–Trinajstić information content (AvgIpc) is 3.80. The largest absolute Gasteiger partial charge is 0.456 e. The molecule has 208 valence electrons. The van der Waals surface area contributed by atoms with Crippen molar-refractivity contribution in [3.8, 4) is 11.5 Å². The minimum atomic E-state index is -0.685. The topological polar surface area (TPSA) is 22.2 Å². The van der Waals surface area contributed by atoms with E-state index in [2.05, 4.69) is 128 Å². The fourth-order valence-electron chi connectivity index (χ4n) is 7.04. The second-order valence-electron chi connectivity index (χ2n) is 11.4. The third-order valence-electron chi connectivity index (χ3n) is 8.89. The molecule has 4 aliphatic heterocycles. The fourth-order valence-corrected chi connectivity index (χ4v) is 12.8. The van der Waals surface area contributed by atoms with Gasteiger partial charge in [0, 0.05) is 49.6 Å². The smallest absolute Gasteiger partial charge is 0.138 e. The second-order valence-corrected chi connectivity index (χ2v) is 15.5. The molecule has 4 atom stereocenters. The maximum atomic E-state index is 7.06. The van der Waals surface area contributed by atoms with E-state index in [0.717, 1.165) is 37.7 Å². The van der Waals surface area contributed by atoms with Gasteiger partial charge in [-0.25, -0.2) is 0 Å². The van der Waals surface area contributed by atoms with Gasteiger partial charge in [-0.15, -0.1) is 0 Å². The number of benzene rings is 4. The van der Waals surface area contributed by atoms with Crippen LogP contribution in [0.5, 0.6) is 11.5 Å². The Morgan fingerprint density at radius 1 is 0.512 bits per heavy atom. The molecule has 0 radical (unpaired) electrons. The van der Waals surface area contributed by atoms with Crippen molar-refractivity contribution >= 4 is 38.4 Å². The third-order valence-corrected chi connectivity index (χ3v) is 14.2. The maximum absolute atomic E-state index is 7.06. The Morgan fingerprint density at radius 3 is 1.39 bits per heavy atom. The van der Waals surface area contributed by atoms with Gasteiger partial charge < -0.3 is 14.1 Å². The van der Waals surface area contributed by atoms with Crippen molar-refractivity contribution in [1.82, 2.24) is 9.34 Å². The highest BCUT2D eigenvalue weighted by molar-refractivity contribution is 7.66. The van der Waals surface area contributed by atoms with Crippen molar-refractivity contribution in [2.24, 2.45) is 0 Å². The summed E-state index contributed by atoms with van der Waals surface area (Å²) in [7, 11) is -1.37. The van der Waals surface area contributed by atoms with E-state index in [-0.39, 0.29) is 0 Å². The third kappa shape index (κ3) is 4.64. The Labute approximate surface area is 246 Å². The van der Waals surface area contributed by atoms with Crippen LogP contribution in [-0.4, -0.2) is 47.6 Å². The van der Waals surface area contributed by atoms with Crippen molar-refractivity contribution in [1.29, 1.82) is 0 Å². The van der Waals surface area contributed by atoms with Gasteiger partial charge in [0.25, 0.3) is 0 Å². The van der Waals surface area contributed by atoms with Gasteiger partial charge in [0.05, 0.1) is 10.6 Å². The molecule has 4 fully saturated rings. The quantitative estimate of drug-likeness (QED) is 0.223. The minimum absolute atomic E-state index is 0.620. The molecule has 4 saturated heterocycles. The molecule has 0 amide bonds. The molecule has 7 heteroatoms. The van der Waals surface area contributed by atoms with Crippen LogP contribution in [0.25, 0.3) is 0 Å². The lowest BCUT2D eigenvalue weighted by atomic mass is 10.2. The van der Waals surface area contributed by atoms with Crippen LogP contribution in [-0.2, 0) is 0 Å². The zero-order valence-electron chi connectivity index (χ0n) is 23.3. The summed E-state index contributed by atoms with van der Waals surface area (Å²) in [5, 5.41) is 2.65. The van der Waals surface area contributed by atoms with Crippen LogP contribution in [0.15, 0.2) is 109 Å². The van der Waals surface area contributed by atoms with Gasteiger partial charge in [-0.3, -0.25) is 9.34 Å². The van der Waals surface area contributed by atoms with E-state index in [0.29, 0.717) is 12.1 Å². The SMILES string of the molecule is c1ccc(N2C[C@@H]3CCCN3P2c2ccccc2Oc2ccccc2P2N(c3ccccc3)C[C@@H]3CCCN32)cc1. The molecule has 0 N–H and O–H groups in total. The molecular formula is C34H36N4OP2. The summed E-state index contributed by atoms with van der Waals surface area (Å²) in [6.07, 6.45) is 5.14. The summed E-state index contributed by atoms with van der Waals surface area (Å²) in [6, 6.07) is 40.9. The summed E-state index contributed by atoms with van der Waals surface area (Å²) in [6.45, 7) is 4.51. The van der Waals surface area contributed by atoms with E-state index in [1.807, 2.05) is 0 Å². The van der Waals surface area contributed by atoms with Crippen LogP contribution in [0, 0.1) is 0 Å². The van der Waals surface area contributed by atoms with E-state index in [1.54, 1.807) is 0 Å². The van der Waals surface area contributed by atoms with Crippen LogP contribution in [0.2, 0.25) is 0 Å². The van der Waals surface area contributed by atoms with Crippen LogP contribution in [0.3, 0.4) is 0 Å². The summed E-state index contributed by atoms with van der Waals surface area (Å²) in [5.74, 6) is 2.00. The van der Waals surface area contributed by atoms with Crippen molar-refractivity contribution in [2.75, 3.05) is 35.5 Å². The van der Waals surface area contributed by atoms with E-state index in [1.165, 1.54) is 47.7 Å². The first-order valence-corrected chi connectivity index (χ1v) is 17.5. The summed E-state index contributed by atoms with van der Waals surface area (Å²) in [4.78, 5) is 0. The molecule has 0 saturated carbocycles. The first-order chi connectivity index (χ1) is 20.3. The fraction of sp³-hybridized carbons (Fsp3) is 0.294. The molecule has 5 nitrogen and oxygen atoms in total. The van der Waals surface area contributed by atoms with E-state index >= 15 is 0 Å². The molecular weight excluding hydrogens is 542 g/mol. The molecule has 4 aromatic rings. The lowest BCUT2D eigenvalue weighted by Gasteiger charge is -2.33. The number of para-hydroxylation sites is 4. The zero-order valence-corrected chi connectivity index (χ0v) is 25.1. The molecule has 0 spiro atoms. The highest BCUT2D eigenvalue weighted by Crippen LogP contribution is 2.58. The van der Waals surface area contributed by atoms with Crippen molar-refractivity contribution < 1.29 is 4.74 Å². The second kappa shape index (κ2) is 11.0. The summed E-state index contributed by atoms with van der Waals surface area (Å²) in [5.41, 5.74) is 2.63. The van der Waals surface area contributed by atoms with Gasteiger partial charge in [-0.05, 0) is 74.2 Å². The number of rotatable bonds is 6.